The molecule has 6 atom stereocenters. The third kappa shape index (κ3) is 7.36. The van der Waals surface area contributed by atoms with Crippen molar-refractivity contribution >= 4 is 35.7 Å². The highest BCUT2D eigenvalue weighted by molar-refractivity contribution is 7.71. The van der Waals surface area contributed by atoms with E-state index in [1.165, 1.54) is 0 Å². The van der Waals surface area contributed by atoms with Gasteiger partial charge in [-0.15, -0.1) is 0 Å². The molecular weight excluding hydrogens is 538 g/mol. The second-order valence-corrected chi connectivity index (χ2v) is 10.9. The number of ether oxygens (including phenoxy) is 1. The topological polar surface area (TPSA) is 227 Å². The van der Waals surface area contributed by atoms with Crippen LogP contribution in [0.25, 0.3) is 0 Å². The molecule has 32 heavy (non-hydrogen) atoms. The number of aliphatic hydroxyl groups excluding tert-OH is 1. The number of hydrogen-bond donors (Lipinski definition) is 6. The molecule has 0 spiro atoms. The van der Waals surface area contributed by atoms with Gasteiger partial charge in [-0.1, -0.05) is 12.2 Å². The quantitative estimate of drug-likeness (QED) is 0.193. The van der Waals surface area contributed by atoms with E-state index in [1.807, 2.05) is 4.98 Å². The molecule has 3 unspecified atom stereocenters. The Hall–Kier alpha value is -0.780. The van der Waals surface area contributed by atoms with Gasteiger partial charge >= 0.3 is 35.3 Å². The van der Waals surface area contributed by atoms with Crippen molar-refractivity contribution in [3.8, 4) is 0 Å². The highest BCUT2D eigenvalue weighted by Gasteiger charge is 2.58. The van der Waals surface area contributed by atoms with Crippen LogP contribution in [-0.4, -0.2) is 59.2 Å². The summed E-state index contributed by atoms with van der Waals surface area (Å²) in [6.07, 6.45) is -10.9. The van der Waals surface area contributed by atoms with Gasteiger partial charge in [0.25, 0.3) is 0 Å². The van der Waals surface area contributed by atoms with Gasteiger partial charge in [-0.3, -0.25) is 14.1 Å². The van der Waals surface area contributed by atoms with E-state index >= 15 is 0 Å². The van der Waals surface area contributed by atoms with Crippen molar-refractivity contribution in [3.05, 3.63) is 27.4 Å². The van der Waals surface area contributed by atoms with Crippen LogP contribution in [0.5, 0.6) is 0 Å². The Morgan fingerprint density at radius 3 is 2.25 bits per heavy atom. The molecule has 0 radical (unpaired) electrons. The number of phosphoric ester groups is 1. The number of aliphatic hydroxyl groups is 1. The molecule has 1 aliphatic heterocycles. The maximum atomic E-state index is 13.5. The molecule has 15 nitrogen and oxygen atoms in total. The van der Waals surface area contributed by atoms with Crippen LogP contribution in [0, 0.1) is 10.6 Å². The van der Waals surface area contributed by atoms with Crippen LogP contribution in [0.3, 0.4) is 0 Å². The average Bonchev–Trinajstić information content (AvgIpc) is 2.86. The van der Waals surface area contributed by atoms with E-state index in [2.05, 4.69) is 25.4 Å². The number of aromatic nitrogens is 2. The molecule has 2 heterocycles. The maximum absolute atomic E-state index is 13.5. The van der Waals surface area contributed by atoms with Crippen molar-refractivity contribution in [2.75, 3.05) is 6.61 Å². The summed E-state index contributed by atoms with van der Waals surface area (Å²) in [5.74, 6) is -2.72. The fourth-order valence-electron chi connectivity index (χ4n) is 2.57. The van der Waals surface area contributed by atoms with Gasteiger partial charge in [0.15, 0.2) is 6.23 Å². The second-order valence-electron chi connectivity index (χ2n) is 6.03. The summed E-state index contributed by atoms with van der Waals surface area (Å²) in [5, 5.41) is 10.0. The predicted molar refractivity (Wildman–Crippen MR) is 95.2 cm³/mol. The van der Waals surface area contributed by atoms with Gasteiger partial charge in [0.1, 0.15) is 16.7 Å². The number of H-pyrrole nitrogens is 1. The molecule has 0 bridgehead atoms. The van der Waals surface area contributed by atoms with Crippen molar-refractivity contribution in [1.82, 2.24) is 9.55 Å². The molecule has 0 aromatic carbocycles. The van der Waals surface area contributed by atoms with E-state index in [9.17, 15) is 41.7 Å². The number of hydrogen-bond acceptors (Lipinski definition) is 10. The fraction of sp³-hybridized carbons (Fsp3) is 0.600. The highest BCUT2D eigenvalue weighted by Crippen LogP contribution is 2.66. The van der Waals surface area contributed by atoms with Crippen LogP contribution >= 0.6 is 35.7 Å². The number of halogens is 3. The zero-order valence-electron chi connectivity index (χ0n) is 15.0. The van der Waals surface area contributed by atoms with Crippen LogP contribution in [0.15, 0.2) is 17.1 Å². The minimum Gasteiger partial charge on any atom is -0.389 e. The number of aromatic amines is 1. The standard InChI is InChI=1S/C10H14F3N2O13P3S/c11-10(12,13)6-7(16)4(26-8(6)15-2-1-5(32)14-9(15)17)3-25-30(21,22)28-31(23,24)27-29(18,19)20/h1-2,4,6-8,16H,3H2,(H,21,22)(H,23,24)(H,14,17,32)(H2,18,19,20)/t4-,6+,7?,8-/m1/s1. The monoisotopic (exact) mass is 552 g/mol. The van der Waals surface area contributed by atoms with Crippen molar-refractivity contribution in [3.63, 3.8) is 0 Å². The van der Waals surface area contributed by atoms with Crippen LogP contribution in [-0.2, 0) is 31.6 Å². The Kier molecular flexibility index (Phi) is 8.12. The van der Waals surface area contributed by atoms with Crippen molar-refractivity contribution < 1.29 is 69.4 Å². The van der Waals surface area contributed by atoms with E-state index in [0.29, 0.717) is 4.57 Å². The lowest BCUT2D eigenvalue weighted by Gasteiger charge is -2.24. The Bertz CT molecular complexity index is 1100. The summed E-state index contributed by atoms with van der Waals surface area (Å²) < 4.78 is 90.3. The lowest BCUT2D eigenvalue weighted by Crippen LogP contribution is -2.40. The first-order valence-electron chi connectivity index (χ1n) is 7.81. The number of alkyl halides is 3. The summed E-state index contributed by atoms with van der Waals surface area (Å²) in [4.78, 5) is 49.3. The Morgan fingerprint density at radius 2 is 1.75 bits per heavy atom. The molecule has 0 saturated carbocycles. The van der Waals surface area contributed by atoms with Crippen LogP contribution in [0.2, 0.25) is 0 Å². The smallest absolute Gasteiger partial charge is 0.389 e. The van der Waals surface area contributed by atoms with Crippen LogP contribution in [0.1, 0.15) is 6.23 Å². The second kappa shape index (κ2) is 9.46. The SMILES string of the molecule is O=c1[nH]c(=S)ccn1[C@@H]1O[C@H](COP(=O)(O)OP(=O)(O)OP(=O)(O)O)C(O)[C@@H]1C(F)(F)F. The maximum Gasteiger partial charge on any atom is 0.490 e. The zero-order chi connectivity index (χ0) is 24.7. The number of nitrogens with one attached hydrogen (secondary N) is 1. The average molecular weight is 552 g/mol. The van der Waals surface area contributed by atoms with E-state index in [-0.39, 0.29) is 4.64 Å². The predicted octanol–water partition coefficient (Wildman–Crippen LogP) is 0.686. The Morgan fingerprint density at radius 1 is 1.16 bits per heavy atom. The molecule has 1 aliphatic rings. The first kappa shape index (κ1) is 27.5. The normalized spacial score (nSPS) is 28.2. The van der Waals surface area contributed by atoms with Crippen molar-refractivity contribution in [1.29, 1.82) is 0 Å². The largest absolute Gasteiger partial charge is 0.490 e. The number of nitrogens with zero attached hydrogens (tertiary/aromatic N) is 1. The number of phosphoric acid groups is 3. The fourth-order valence-corrected chi connectivity index (χ4v) is 5.75. The Labute approximate surface area is 179 Å². The summed E-state index contributed by atoms with van der Waals surface area (Å²) in [7, 11) is -17.2. The first-order chi connectivity index (χ1) is 14.3. The van der Waals surface area contributed by atoms with Crippen molar-refractivity contribution in [2.24, 2.45) is 5.92 Å². The third-order valence-electron chi connectivity index (χ3n) is 3.69. The summed E-state index contributed by atoms with van der Waals surface area (Å²) >= 11 is 4.67. The summed E-state index contributed by atoms with van der Waals surface area (Å²) in [5.41, 5.74) is -1.13. The van der Waals surface area contributed by atoms with Gasteiger partial charge in [0, 0.05) is 6.20 Å². The van der Waals surface area contributed by atoms with E-state index in [1.54, 1.807) is 0 Å². The van der Waals surface area contributed by atoms with Crippen LogP contribution < -0.4 is 5.69 Å². The van der Waals surface area contributed by atoms with Gasteiger partial charge in [-0.25, -0.2) is 18.5 Å². The summed E-state index contributed by atoms with van der Waals surface area (Å²) in [6, 6.07) is 1.05. The molecular formula is C10H14F3N2O13P3S. The molecule has 0 aliphatic carbocycles. The molecule has 1 aromatic heterocycles. The highest BCUT2D eigenvalue weighted by atomic mass is 32.1. The molecule has 1 fully saturated rings. The van der Waals surface area contributed by atoms with Gasteiger partial charge in [-0.05, 0) is 6.07 Å². The van der Waals surface area contributed by atoms with Crippen LogP contribution in [0.4, 0.5) is 13.2 Å². The molecule has 184 valence electrons. The van der Waals surface area contributed by atoms with E-state index in [4.69, 9.17) is 19.4 Å². The Balaban J connectivity index is 2.21. The number of rotatable bonds is 8. The first-order valence-corrected chi connectivity index (χ1v) is 12.7. The minimum atomic E-state index is -5.87. The van der Waals surface area contributed by atoms with Gasteiger partial charge < -0.3 is 29.4 Å². The van der Waals surface area contributed by atoms with Gasteiger partial charge in [-0.2, -0.15) is 21.8 Å². The molecule has 1 saturated heterocycles. The van der Waals surface area contributed by atoms with Gasteiger partial charge in [0.2, 0.25) is 0 Å². The lowest BCUT2D eigenvalue weighted by atomic mass is 9.99. The third-order valence-corrected chi connectivity index (χ3v) is 7.73. The van der Waals surface area contributed by atoms with E-state index < -0.39 is 66.3 Å². The molecule has 0 amide bonds. The molecule has 1 aromatic rings. The zero-order valence-corrected chi connectivity index (χ0v) is 18.5. The van der Waals surface area contributed by atoms with E-state index in [0.717, 1.165) is 12.3 Å². The molecule has 6 N–H and O–H groups in total. The molecule has 2 rings (SSSR count). The van der Waals surface area contributed by atoms with Gasteiger partial charge in [0.05, 0.1) is 12.7 Å². The molecule has 22 heteroatoms. The lowest BCUT2D eigenvalue weighted by molar-refractivity contribution is -0.211. The summed E-state index contributed by atoms with van der Waals surface area (Å²) in [6.45, 7) is -1.36. The minimum absolute atomic E-state index is 0.113. The van der Waals surface area contributed by atoms with Crippen molar-refractivity contribution in [2.45, 2.75) is 24.6 Å².